The molecule has 144 valence electrons. The van der Waals surface area contributed by atoms with E-state index in [1.807, 2.05) is 12.2 Å². The van der Waals surface area contributed by atoms with Gasteiger partial charge in [0.2, 0.25) is 0 Å². The van der Waals surface area contributed by atoms with Crippen LogP contribution in [0.1, 0.15) is 78.1 Å². The van der Waals surface area contributed by atoms with Crippen molar-refractivity contribution in [2.75, 3.05) is 19.6 Å². The summed E-state index contributed by atoms with van der Waals surface area (Å²) in [5, 5.41) is 0. The molecule has 0 radical (unpaired) electrons. The van der Waals surface area contributed by atoms with Gasteiger partial charge < -0.3 is 0 Å². The number of nitrogens with zero attached hydrogens (tertiary/aromatic N) is 1. The standard InChI is InChI=1S/C24H43N/c1-5-9-12-14-16-18-21-25(22-19-17-15-13-10-6-2)23-24(8-4)20-11-7-3/h5-6,16-19,24H,1-2,7-15,20-23H2,3-4H3/b18-16+,19-17+. The summed E-state index contributed by atoms with van der Waals surface area (Å²) in [6, 6.07) is 0. The van der Waals surface area contributed by atoms with Crippen LogP contribution in [0.15, 0.2) is 49.6 Å². The van der Waals surface area contributed by atoms with E-state index in [2.05, 4.69) is 56.2 Å². The summed E-state index contributed by atoms with van der Waals surface area (Å²) in [7, 11) is 0. The zero-order chi connectivity index (χ0) is 18.6. The molecule has 0 saturated heterocycles. The zero-order valence-corrected chi connectivity index (χ0v) is 17.1. The van der Waals surface area contributed by atoms with E-state index in [-0.39, 0.29) is 0 Å². The topological polar surface area (TPSA) is 3.24 Å². The summed E-state index contributed by atoms with van der Waals surface area (Å²) in [6.45, 7) is 15.6. The Kier molecular flexibility index (Phi) is 18.4. The van der Waals surface area contributed by atoms with Crippen LogP contribution < -0.4 is 0 Å². The minimum absolute atomic E-state index is 0.836. The number of hydrogen-bond donors (Lipinski definition) is 0. The number of unbranched alkanes of at least 4 members (excludes halogenated alkanes) is 5. The van der Waals surface area contributed by atoms with Crippen molar-refractivity contribution in [3.63, 3.8) is 0 Å². The fourth-order valence-corrected chi connectivity index (χ4v) is 2.95. The van der Waals surface area contributed by atoms with Gasteiger partial charge in [-0.15, -0.1) is 13.2 Å². The van der Waals surface area contributed by atoms with Crippen LogP contribution in [0.25, 0.3) is 0 Å². The van der Waals surface area contributed by atoms with Gasteiger partial charge in [-0.05, 0) is 50.9 Å². The molecule has 0 bridgehead atoms. The molecule has 0 aliphatic rings. The molecule has 1 unspecified atom stereocenters. The second kappa shape index (κ2) is 19.2. The normalized spacial score (nSPS) is 13.1. The predicted octanol–water partition coefficient (Wildman–Crippen LogP) is 7.33. The third-order valence-corrected chi connectivity index (χ3v) is 4.68. The number of hydrogen-bond acceptors (Lipinski definition) is 1. The van der Waals surface area contributed by atoms with E-state index in [0.29, 0.717) is 0 Å². The number of allylic oxidation sites excluding steroid dienone is 4. The second-order valence-corrected chi connectivity index (χ2v) is 7.02. The van der Waals surface area contributed by atoms with Crippen LogP contribution >= 0.6 is 0 Å². The molecule has 0 aliphatic carbocycles. The van der Waals surface area contributed by atoms with Crippen molar-refractivity contribution < 1.29 is 0 Å². The summed E-state index contributed by atoms with van der Waals surface area (Å²) >= 11 is 0. The number of rotatable bonds is 18. The molecule has 0 aromatic rings. The molecule has 0 aromatic carbocycles. The van der Waals surface area contributed by atoms with Crippen LogP contribution in [-0.4, -0.2) is 24.5 Å². The molecule has 0 rings (SSSR count). The van der Waals surface area contributed by atoms with Crippen molar-refractivity contribution in [3.8, 4) is 0 Å². The molecule has 0 amide bonds. The van der Waals surface area contributed by atoms with Crippen LogP contribution in [-0.2, 0) is 0 Å². The van der Waals surface area contributed by atoms with Gasteiger partial charge in [0.15, 0.2) is 0 Å². The van der Waals surface area contributed by atoms with Crippen molar-refractivity contribution in [2.45, 2.75) is 78.1 Å². The van der Waals surface area contributed by atoms with E-state index >= 15 is 0 Å². The SMILES string of the molecule is C=CCCC/C=C/CN(C/C=C/CCCC=C)CC(CC)CCCC. The van der Waals surface area contributed by atoms with Gasteiger partial charge in [0, 0.05) is 19.6 Å². The Morgan fingerprint density at radius 1 is 0.760 bits per heavy atom. The van der Waals surface area contributed by atoms with Crippen molar-refractivity contribution in [3.05, 3.63) is 49.6 Å². The van der Waals surface area contributed by atoms with E-state index in [1.54, 1.807) is 0 Å². The Morgan fingerprint density at radius 3 is 1.76 bits per heavy atom. The lowest BCUT2D eigenvalue weighted by atomic mass is 9.98. The highest BCUT2D eigenvalue weighted by Gasteiger charge is 2.10. The molecule has 0 aromatic heterocycles. The van der Waals surface area contributed by atoms with Crippen molar-refractivity contribution in [2.24, 2.45) is 5.92 Å². The summed E-state index contributed by atoms with van der Waals surface area (Å²) in [5.41, 5.74) is 0. The molecule has 25 heavy (non-hydrogen) atoms. The van der Waals surface area contributed by atoms with Gasteiger partial charge in [-0.2, -0.15) is 0 Å². The third kappa shape index (κ3) is 16.2. The first-order valence-electron chi connectivity index (χ1n) is 10.5. The van der Waals surface area contributed by atoms with Gasteiger partial charge in [-0.25, -0.2) is 0 Å². The average Bonchev–Trinajstić information content (AvgIpc) is 2.63. The largest absolute Gasteiger partial charge is 0.296 e. The van der Waals surface area contributed by atoms with Crippen LogP contribution in [0.4, 0.5) is 0 Å². The summed E-state index contributed by atoms with van der Waals surface area (Å²) in [4.78, 5) is 2.61. The first kappa shape index (κ1) is 23.9. The molecule has 0 saturated carbocycles. The highest BCUT2D eigenvalue weighted by Crippen LogP contribution is 2.14. The van der Waals surface area contributed by atoms with Crippen molar-refractivity contribution >= 4 is 0 Å². The van der Waals surface area contributed by atoms with Crippen LogP contribution in [0, 0.1) is 5.92 Å². The maximum Gasteiger partial charge on any atom is 0.0166 e. The molecule has 0 spiro atoms. The van der Waals surface area contributed by atoms with Crippen LogP contribution in [0.5, 0.6) is 0 Å². The van der Waals surface area contributed by atoms with E-state index in [9.17, 15) is 0 Å². The minimum atomic E-state index is 0.836. The maximum absolute atomic E-state index is 3.79. The predicted molar refractivity (Wildman–Crippen MR) is 116 cm³/mol. The zero-order valence-electron chi connectivity index (χ0n) is 17.1. The van der Waals surface area contributed by atoms with Crippen LogP contribution in [0.3, 0.4) is 0 Å². The fourth-order valence-electron chi connectivity index (χ4n) is 2.95. The molecule has 0 N–H and O–H groups in total. The monoisotopic (exact) mass is 345 g/mol. The van der Waals surface area contributed by atoms with E-state index in [0.717, 1.165) is 31.8 Å². The Balaban J connectivity index is 4.36. The Hall–Kier alpha value is -1.08. The Morgan fingerprint density at radius 2 is 1.32 bits per heavy atom. The third-order valence-electron chi connectivity index (χ3n) is 4.68. The second-order valence-electron chi connectivity index (χ2n) is 7.02. The summed E-state index contributed by atoms with van der Waals surface area (Å²) in [6.07, 6.45) is 25.8. The molecule has 1 atom stereocenters. The molecule has 0 heterocycles. The molecular formula is C24H43N. The lowest BCUT2D eigenvalue weighted by Crippen LogP contribution is -2.30. The van der Waals surface area contributed by atoms with Crippen molar-refractivity contribution in [1.82, 2.24) is 4.90 Å². The fraction of sp³-hybridized carbons (Fsp3) is 0.667. The Labute approximate surface area is 158 Å². The first-order valence-corrected chi connectivity index (χ1v) is 10.5. The van der Waals surface area contributed by atoms with E-state index in [4.69, 9.17) is 0 Å². The lowest BCUT2D eigenvalue weighted by molar-refractivity contribution is 0.258. The average molecular weight is 346 g/mol. The maximum atomic E-state index is 3.79. The molecule has 0 fully saturated rings. The molecule has 1 nitrogen and oxygen atoms in total. The lowest BCUT2D eigenvalue weighted by Gasteiger charge is -2.25. The van der Waals surface area contributed by atoms with E-state index < -0.39 is 0 Å². The highest BCUT2D eigenvalue weighted by atomic mass is 15.1. The smallest absolute Gasteiger partial charge is 0.0166 e. The van der Waals surface area contributed by atoms with Gasteiger partial charge in [0.25, 0.3) is 0 Å². The van der Waals surface area contributed by atoms with Gasteiger partial charge in [0.1, 0.15) is 0 Å². The summed E-state index contributed by atoms with van der Waals surface area (Å²) in [5.74, 6) is 0.836. The quantitative estimate of drug-likeness (QED) is 0.186. The Bertz CT molecular complexity index is 327. The van der Waals surface area contributed by atoms with Gasteiger partial charge in [-0.1, -0.05) is 69.6 Å². The minimum Gasteiger partial charge on any atom is -0.296 e. The molecule has 1 heteroatoms. The van der Waals surface area contributed by atoms with Gasteiger partial charge in [0.05, 0.1) is 0 Å². The van der Waals surface area contributed by atoms with Crippen LogP contribution in [0.2, 0.25) is 0 Å². The van der Waals surface area contributed by atoms with Gasteiger partial charge >= 0.3 is 0 Å². The first-order chi connectivity index (χ1) is 12.3. The summed E-state index contributed by atoms with van der Waals surface area (Å²) < 4.78 is 0. The van der Waals surface area contributed by atoms with E-state index in [1.165, 1.54) is 57.9 Å². The highest BCUT2D eigenvalue weighted by molar-refractivity contribution is 4.91. The molecule has 0 aliphatic heterocycles. The van der Waals surface area contributed by atoms with Crippen molar-refractivity contribution in [1.29, 1.82) is 0 Å². The van der Waals surface area contributed by atoms with Gasteiger partial charge in [-0.3, -0.25) is 4.90 Å². The molecular weight excluding hydrogens is 302 g/mol.